The van der Waals surface area contributed by atoms with Crippen LogP contribution in [-0.4, -0.2) is 38.6 Å². The average Bonchev–Trinajstić information content (AvgIpc) is 3.45. The van der Waals surface area contributed by atoms with Gasteiger partial charge in [-0.25, -0.2) is 9.80 Å². The van der Waals surface area contributed by atoms with E-state index in [1.807, 2.05) is 36.5 Å². The van der Waals surface area contributed by atoms with Gasteiger partial charge < -0.3 is 10.2 Å². The van der Waals surface area contributed by atoms with Gasteiger partial charge in [0.15, 0.2) is 0 Å². The quantitative estimate of drug-likeness (QED) is 0.815. The van der Waals surface area contributed by atoms with Gasteiger partial charge in [-0.05, 0) is 47.7 Å². The van der Waals surface area contributed by atoms with Crippen LogP contribution >= 0.6 is 0 Å². The zero-order valence-corrected chi connectivity index (χ0v) is 17.8. The molecule has 0 bridgehead atoms. The molecule has 0 spiro atoms. The predicted octanol–water partition coefficient (Wildman–Crippen LogP) is 4.14. The van der Waals surface area contributed by atoms with Gasteiger partial charge in [0, 0.05) is 43.5 Å². The summed E-state index contributed by atoms with van der Waals surface area (Å²) in [6.45, 7) is 3.23. The van der Waals surface area contributed by atoms with E-state index in [1.165, 1.54) is 12.8 Å². The van der Waals surface area contributed by atoms with Crippen LogP contribution in [0.2, 0.25) is 0 Å². The Balaban J connectivity index is 1.28. The van der Waals surface area contributed by atoms with E-state index in [2.05, 4.69) is 17.2 Å². The normalized spacial score (nSPS) is 21.3. The van der Waals surface area contributed by atoms with Crippen molar-refractivity contribution in [3.63, 3.8) is 0 Å². The van der Waals surface area contributed by atoms with E-state index in [0.717, 1.165) is 40.9 Å². The van der Waals surface area contributed by atoms with Gasteiger partial charge in [0.05, 0.1) is 11.8 Å². The summed E-state index contributed by atoms with van der Waals surface area (Å²) in [5.41, 5.74) is 4.94. The molecule has 1 aromatic carbocycles. The van der Waals surface area contributed by atoms with Crippen molar-refractivity contribution in [3.05, 3.63) is 59.4 Å². The SMILES string of the molecule is CC1CC(=O)N(C2CCCC2)N=C1c1ccc(NC(=O)N2Cc3ccncc3C2)cc1. The summed E-state index contributed by atoms with van der Waals surface area (Å²) in [4.78, 5) is 31.1. The molecule has 1 aliphatic carbocycles. The molecule has 1 aromatic heterocycles. The molecule has 3 heterocycles. The van der Waals surface area contributed by atoms with Crippen LogP contribution in [0, 0.1) is 5.92 Å². The highest BCUT2D eigenvalue weighted by atomic mass is 16.2. The van der Waals surface area contributed by atoms with E-state index in [1.54, 1.807) is 16.1 Å². The molecule has 31 heavy (non-hydrogen) atoms. The molecule has 0 radical (unpaired) electrons. The molecular formula is C24H27N5O2. The molecule has 1 unspecified atom stereocenters. The van der Waals surface area contributed by atoms with Crippen LogP contribution in [0.25, 0.3) is 0 Å². The third-order valence-corrected chi connectivity index (χ3v) is 6.54. The van der Waals surface area contributed by atoms with Crippen LogP contribution in [0.15, 0.2) is 47.8 Å². The number of carbonyl (C=O) groups excluding carboxylic acids is 2. The van der Waals surface area contributed by atoms with Gasteiger partial charge in [0.25, 0.3) is 0 Å². The summed E-state index contributed by atoms with van der Waals surface area (Å²) in [5, 5.41) is 9.49. The number of amides is 3. The average molecular weight is 418 g/mol. The van der Waals surface area contributed by atoms with Crippen molar-refractivity contribution >= 4 is 23.3 Å². The number of aromatic nitrogens is 1. The number of fused-ring (bicyclic) bond motifs is 1. The number of urea groups is 1. The minimum absolute atomic E-state index is 0.0855. The lowest BCUT2D eigenvalue weighted by Crippen LogP contribution is -2.41. The summed E-state index contributed by atoms with van der Waals surface area (Å²) in [6.07, 6.45) is 8.50. The Hall–Kier alpha value is -3.22. The second-order valence-corrected chi connectivity index (χ2v) is 8.77. The lowest BCUT2D eigenvalue weighted by molar-refractivity contribution is -0.134. The summed E-state index contributed by atoms with van der Waals surface area (Å²) >= 11 is 0. The molecule has 1 N–H and O–H groups in total. The third-order valence-electron chi connectivity index (χ3n) is 6.54. The molecule has 3 amide bonds. The molecule has 0 saturated heterocycles. The number of carbonyl (C=O) groups is 2. The van der Waals surface area contributed by atoms with Crippen molar-refractivity contribution < 1.29 is 9.59 Å². The number of benzene rings is 1. The van der Waals surface area contributed by atoms with Crippen LogP contribution in [0.4, 0.5) is 10.5 Å². The van der Waals surface area contributed by atoms with E-state index in [0.29, 0.717) is 19.5 Å². The third kappa shape index (κ3) is 3.92. The van der Waals surface area contributed by atoms with E-state index in [9.17, 15) is 9.59 Å². The van der Waals surface area contributed by atoms with Gasteiger partial charge in [-0.15, -0.1) is 0 Å². The van der Waals surface area contributed by atoms with Gasteiger partial charge in [-0.1, -0.05) is 31.9 Å². The van der Waals surface area contributed by atoms with E-state index in [-0.39, 0.29) is 23.9 Å². The Bertz CT molecular complexity index is 1000. The monoisotopic (exact) mass is 417 g/mol. The molecule has 2 aliphatic heterocycles. The highest BCUT2D eigenvalue weighted by Gasteiger charge is 2.33. The Morgan fingerprint density at radius 1 is 1.06 bits per heavy atom. The Kier molecular flexibility index (Phi) is 5.18. The fourth-order valence-electron chi connectivity index (χ4n) is 4.79. The number of nitrogens with zero attached hydrogens (tertiary/aromatic N) is 4. The predicted molar refractivity (Wildman–Crippen MR) is 118 cm³/mol. The van der Waals surface area contributed by atoms with Crippen molar-refractivity contribution in [3.8, 4) is 0 Å². The summed E-state index contributed by atoms with van der Waals surface area (Å²) < 4.78 is 0. The molecule has 1 fully saturated rings. The number of hydrogen-bond acceptors (Lipinski definition) is 4. The Labute approximate surface area is 182 Å². The number of nitrogens with one attached hydrogen (secondary N) is 1. The number of pyridine rings is 1. The highest BCUT2D eigenvalue weighted by Crippen LogP contribution is 2.30. The van der Waals surface area contributed by atoms with E-state index < -0.39 is 0 Å². The Morgan fingerprint density at radius 2 is 1.81 bits per heavy atom. The zero-order chi connectivity index (χ0) is 21.4. The molecule has 1 saturated carbocycles. The minimum Gasteiger partial charge on any atom is -0.316 e. The van der Waals surface area contributed by atoms with Crippen molar-refractivity contribution in [2.75, 3.05) is 5.32 Å². The number of anilines is 1. The highest BCUT2D eigenvalue weighted by molar-refractivity contribution is 6.06. The van der Waals surface area contributed by atoms with Gasteiger partial charge in [-0.3, -0.25) is 9.78 Å². The maximum Gasteiger partial charge on any atom is 0.322 e. The molecule has 7 heteroatoms. The molecule has 5 rings (SSSR count). The lowest BCUT2D eigenvalue weighted by atomic mass is 9.93. The van der Waals surface area contributed by atoms with Crippen LogP contribution < -0.4 is 5.32 Å². The lowest BCUT2D eigenvalue weighted by Gasteiger charge is -2.31. The fourth-order valence-corrected chi connectivity index (χ4v) is 4.79. The van der Waals surface area contributed by atoms with Crippen LogP contribution in [0.1, 0.15) is 55.7 Å². The molecule has 2 aromatic rings. The zero-order valence-electron chi connectivity index (χ0n) is 17.8. The number of rotatable bonds is 3. The maximum atomic E-state index is 12.7. The van der Waals surface area contributed by atoms with Crippen molar-refractivity contribution in [1.29, 1.82) is 0 Å². The first-order chi connectivity index (χ1) is 15.1. The van der Waals surface area contributed by atoms with E-state index >= 15 is 0 Å². The smallest absolute Gasteiger partial charge is 0.316 e. The van der Waals surface area contributed by atoms with Crippen LogP contribution in [0.5, 0.6) is 0 Å². The summed E-state index contributed by atoms with van der Waals surface area (Å²) in [7, 11) is 0. The second-order valence-electron chi connectivity index (χ2n) is 8.77. The van der Waals surface area contributed by atoms with Crippen molar-refractivity contribution in [1.82, 2.24) is 14.9 Å². The van der Waals surface area contributed by atoms with Gasteiger partial charge in [-0.2, -0.15) is 5.10 Å². The summed E-state index contributed by atoms with van der Waals surface area (Å²) in [5.74, 6) is 0.219. The topological polar surface area (TPSA) is 77.9 Å². The molecule has 3 aliphatic rings. The minimum atomic E-state index is -0.120. The molecule has 1 atom stereocenters. The first-order valence-corrected chi connectivity index (χ1v) is 11.1. The molecule has 7 nitrogen and oxygen atoms in total. The first kappa shape index (κ1) is 19.7. The number of hydrogen-bond donors (Lipinski definition) is 1. The standard InChI is InChI=1S/C24H27N5O2/c1-16-12-22(30)29(21-4-2-3-5-21)27-23(16)17-6-8-20(9-7-17)26-24(31)28-14-18-10-11-25-13-19(18)15-28/h6-11,13,16,21H,2-5,12,14-15H2,1H3,(H,26,31). The van der Waals surface area contributed by atoms with Gasteiger partial charge in [0.1, 0.15) is 0 Å². The fraction of sp³-hybridized carbons (Fsp3) is 0.417. The van der Waals surface area contributed by atoms with Gasteiger partial charge >= 0.3 is 6.03 Å². The molecular weight excluding hydrogens is 390 g/mol. The maximum absolute atomic E-state index is 12.7. The van der Waals surface area contributed by atoms with Gasteiger partial charge in [0.2, 0.25) is 5.91 Å². The van der Waals surface area contributed by atoms with Crippen LogP contribution in [0.3, 0.4) is 0 Å². The molecule has 160 valence electrons. The van der Waals surface area contributed by atoms with Crippen molar-refractivity contribution in [2.45, 2.75) is 58.2 Å². The van der Waals surface area contributed by atoms with E-state index in [4.69, 9.17) is 5.10 Å². The van der Waals surface area contributed by atoms with Crippen LogP contribution in [-0.2, 0) is 17.9 Å². The van der Waals surface area contributed by atoms with Crippen molar-refractivity contribution in [2.24, 2.45) is 11.0 Å². The largest absolute Gasteiger partial charge is 0.322 e. The first-order valence-electron chi connectivity index (χ1n) is 11.1. The Morgan fingerprint density at radius 3 is 2.55 bits per heavy atom. The number of hydrazone groups is 1. The second kappa shape index (κ2) is 8.13. The summed E-state index contributed by atoms with van der Waals surface area (Å²) in [6, 6.07) is 9.86.